The Morgan fingerprint density at radius 1 is 1.37 bits per heavy atom. The van der Waals surface area contributed by atoms with Crippen molar-refractivity contribution in [1.29, 1.82) is 0 Å². The first-order valence-electron chi connectivity index (χ1n) is 6.42. The summed E-state index contributed by atoms with van der Waals surface area (Å²) in [7, 11) is -3.39. The number of rotatable bonds is 3. The van der Waals surface area contributed by atoms with Gasteiger partial charge in [0.05, 0.1) is 4.90 Å². The van der Waals surface area contributed by atoms with Gasteiger partial charge in [0.25, 0.3) is 0 Å². The van der Waals surface area contributed by atoms with E-state index in [1.54, 1.807) is 28.6 Å². The summed E-state index contributed by atoms with van der Waals surface area (Å²) in [6, 6.07) is 6.80. The summed E-state index contributed by atoms with van der Waals surface area (Å²) in [5.74, 6) is 0.249. The van der Waals surface area contributed by atoms with Crippen LogP contribution in [0, 0.1) is 5.92 Å². The van der Waals surface area contributed by atoms with Gasteiger partial charge in [0.2, 0.25) is 10.0 Å². The summed E-state index contributed by atoms with van der Waals surface area (Å²) >= 11 is 3.31. The van der Waals surface area contributed by atoms with Crippen molar-refractivity contribution >= 4 is 26.0 Å². The standard InChI is InChI=1S/C13H19BrN2O2S/c1-10(15)11-3-2-8-16(9-11)19(17,18)13-6-4-12(14)5-7-13/h4-7,10-11H,2-3,8-9,15H2,1H3/t10-,11-/m0/s1. The van der Waals surface area contributed by atoms with Crippen LogP contribution in [0.15, 0.2) is 33.6 Å². The van der Waals surface area contributed by atoms with E-state index >= 15 is 0 Å². The second-order valence-corrected chi connectivity index (χ2v) is 7.93. The lowest BCUT2D eigenvalue weighted by Crippen LogP contribution is -2.44. The van der Waals surface area contributed by atoms with Crippen molar-refractivity contribution in [3.8, 4) is 0 Å². The first-order chi connectivity index (χ1) is 8.91. The molecule has 1 aliphatic rings. The number of piperidine rings is 1. The van der Waals surface area contributed by atoms with Gasteiger partial charge in [-0.2, -0.15) is 4.31 Å². The maximum atomic E-state index is 12.5. The van der Waals surface area contributed by atoms with Gasteiger partial charge < -0.3 is 5.73 Å². The lowest BCUT2D eigenvalue weighted by atomic mass is 9.93. The number of sulfonamides is 1. The molecule has 106 valence electrons. The second-order valence-electron chi connectivity index (χ2n) is 5.08. The molecule has 2 atom stereocenters. The SMILES string of the molecule is C[C@H](N)[C@H]1CCCN(S(=O)(=O)c2ccc(Br)cc2)C1. The molecule has 1 fully saturated rings. The van der Waals surface area contributed by atoms with Crippen molar-refractivity contribution in [3.63, 3.8) is 0 Å². The molecule has 0 radical (unpaired) electrons. The molecule has 0 unspecified atom stereocenters. The predicted molar refractivity (Wildman–Crippen MR) is 79.3 cm³/mol. The zero-order chi connectivity index (χ0) is 14.0. The average Bonchev–Trinajstić information content (AvgIpc) is 2.39. The van der Waals surface area contributed by atoms with Crippen LogP contribution in [0.3, 0.4) is 0 Å². The summed E-state index contributed by atoms with van der Waals surface area (Å²) < 4.78 is 27.5. The van der Waals surface area contributed by atoms with E-state index in [9.17, 15) is 8.42 Å². The van der Waals surface area contributed by atoms with Crippen LogP contribution >= 0.6 is 15.9 Å². The molecule has 0 bridgehead atoms. The zero-order valence-corrected chi connectivity index (χ0v) is 13.3. The topological polar surface area (TPSA) is 63.4 Å². The second kappa shape index (κ2) is 5.91. The van der Waals surface area contributed by atoms with Gasteiger partial charge in [0.15, 0.2) is 0 Å². The summed E-state index contributed by atoms with van der Waals surface area (Å²) in [5, 5.41) is 0. The van der Waals surface area contributed by atoms with Crippen LogP contribution in [-0.4, -0.2) is 31.9 Å². The minimum absolute atomic E-state index is 0.0305. The fraction of sp³-hybridized carbons (Fsp3) is 0.538. The quantitative estimate of drug-likeness (QED) is 0.912. The number of nitrogens with two attached hydrogens (primary N) is 1. The molecule has 4 nitrogen and oxygen atoms in total. The maximum Gasteiger partial charge on any atom is 0.243 e. The van der Waals surface area contributed by atoms with E-state index in [4.69, 9.17) is 5.73 Å². The van der Waals surface area contributed by atoms with E-state index < -0.39 is 10.0 Å². The van der Waals surface area contributed by atoms with Crippen molar-refractivity contribution in [2.24, 2.45) is 11.7 Å². The third kappa shape index (κ3) is 3.37. The molecule has 2 rings (SSSR count). The molecule has 1 aromatic rings. The minimum Gasteiger partial charge on any atom is -0.328 e. The van der Waals surface area contributed by atoms with Gasteiger partial charge in [-0.15, -0.1) is 0 Å². The molecule has 1 heterocycles. The third-order valence-corrected chi connectivity index (χ3v) is 6.02. The van der Waals surface area contributed by atoms with Crippen molar-refractivity contribution in [1.82, 2.24) is 4.31 Å². The first kappa shape index (κ1) is 15.0. The molecule has 6 heteroatoms. The van der Waals surface area contributed by atoms with Crippen molar-refractivity contribution in [3.05, 3.63) is 28.7 Å². The highest BCUT2D eigenvalue weighted by atomic mass is 79.9. The van der Waals surface area contributed by atoms with Crippen LogP contribution in [0.2, 0.25) is 0 Å². The van der Waals surface area contributed by atoms with E-state index in [-0.39, 0.29) is 12.0 Å². The molecule has 2 N–H and O–H groups in total. The van der Waals surface area contributed by atoms with Gasteiger partial charge in [-0.3, -0.25) is 0 Å². The molecule has 0 aromatic heterocycles. The van der Waals surface area contributed by atoms with Gasteiger partial charge in [0, 0.05) is 23.6 Å². The summed E-state index contributed by atoms with van der Waals surface area (Å²) in [6.07, 6.45) is 1.88. The van der Waals surface area contributed by atoms with Crippen LogP contribution in [0.1, 0.15) is 19.8 Å². The van der Waals surface area contributed by atoms with Crippen LogP contribution in [0.25, 0.3) is 0 Å². The number of benzene rings is 1. The molecule has 19 heavy (non-hydrogen) atoms. The number of hydrogen-bond donors (Lipinski definition) is 1. The minimum atomic E-state index is -3.39. The van der Waals surface area contributed by atoms with Gasteiger partial charge in [-0.1, -0.05) is 15.9 Å². The predicted octanol–water partition coefficient (Wildman–Crippen LogP) is 2.20. The first-order valence-corrected chi connectivity index (χ1v) is 8.66. The van der Waals surface area contributed by atoms with Crippen molar-refractivity contribution in [2.75, 3.05) is 13.1 Å². The lowest BCUT2D eigenvalue weighted by molar-refractivity contribution is 0.243. The smallest absolute Gasteiger partial charge is 0.243 e. The highest BCUT2D eigenvalue weighted by molar-refractivity contribution is 9.10. The zero-order valence-electron chi connectivity index (χ0n) is 10.9. The highest BCUT2D eigenvalue weighted by Gasteiger charge is 2.31. The van der Waals surface area contributed by atoms with Crippen LogP contribution < -0.4 is 5.73 Å². The Morgan fingerprint density at radius 2 is 2.00 bits per heavy atom. The molecular weight excluding hydrogens is 328 g/mol. The van der Waals surface area contributed by atoms with E-state index in [0.29, 0.717) is 18.0 Å². The highest BCUT2D eigenvalue weighted by Crippen LogP contribution is 2.25. The Bertz CT molecular complexity index is 528. The lowest BCUT2D eigenvalue weighted by Gasteiger charge is -2.33. The van der Waals surface area contributed by atoms with Crippen molar-refractivity contribution < 1.29 is 8.42 Å². The molecule has 1 aromatic carbocycles. The molecule has 0 aliphatic carbocycles. The Morgan fingerprint density at radius 3 is 2.58 bits per heavy atom. The maximum absolute atomic E-state index is 12.5. The Labute approximate surface area is 123 Å². The molecule has 0 spiro atoms. The van der Waals surface area contributed by atoms with Crippen LogP contribution in [0.5, 0.6) is 0 Å². The Hall–Kier alpha value is -0.430. The van der Waals surface area contributed by atoms with Crippen LogP contribution in [-0.2, 0) is 10.0 Å². The fourth-order valence-electron chi connectivity index (χ4n) is 2.38. The van der Waals surface area contributed by atoms with Crippen LogP contribution in [0.4, 0.5) is 0 Å². The third-order valence-electron chi connectivity index (χ3n) is 3.62. The fourth-order valence-corrected chi connectivity index (χ4v) is 4.18. The molecule has 1 aliphatic heterocycles. The van der Waals surface area contributed by atoms with E-state index in [1.165, 1.54) is 0 Å². The summed E-state index contributed by atoms with van der Waals surface area (Å²) in [4.78, 5) is 0.348. The van der Waals surface area contributed by atoms with Gasteiger partial charge in [-0.05, 0) is 49.9 Å². The van der Waals surface area contributed by atoms with Gasteiger partial charge in [-0.25, -0.2) is 8.42 Å². The molecule has 0 amide bonds. The van der Waals surface area contributed by atoms with E-state index in [2.05, 4.69) is 15.9 Å². The molecule has 0 saturated carbocycles. The molecule has 1 saturated heterocycles. The monoisotopic (exact) mass is 346 g/mol. The Balaban J connectivity index is 2.22. The van der Waals surface area contributed by atoms with E-state index in [0.717, 1.165) is 17.3 Å². The summed E-state index contributed by atoms with van der Waals surface area (Å²) in [5.41, 5.74) is 5.90. The summed E-state index contributed by atoms with van der Waals surface area (Å²) in [6.45, 7) is 3.05. The number of hydrogen-bond acceptors (Lipinski definition) is 3. The van der Waals surface area contributed by atoms with E-state index in [1.807, 2.05) is 6.92 Å². The molecular formula is C13H19BrN2O2S. The van der Waals surface area contributed by atoms with Gasteiger partial charge >= 0.3 is 0 Å². The van der Waals surface area contributed by atoms with Crippen molar-refractivity contribution in [2.45, 2.75) is 30.7 Å². The number of halogens is 1. The Kier molecular flexibility index (Phi) is 4.66. The largest absolute Gasteiger partial charge is 0.328 e. The number of nitrogens with zero attached hydrogens (tertiary/aromatic N) is 1. The average molecular weight is 347 g/mol. The van der Waals surface area contributed by atoms with Gasteiger partial charge in [0.1, 0.15) is 0 Å². The normalized spacial score (nSPS) is 23.2.